The number of fused-ring (bicyclic) bond motifs is 1. The summed E-state index contributed by atoms with van der Waals surface area (Å²) in [7, 11) is 4.22. The third-order valence-electron chi connectivity index (χ3n) is 20.6. The fraction of sp³-hybridized carbons (Fsp3) is 0.697. The number of amides is 13. The van der Waals surface area contributed by atoms with Gasteiger partial charge in [-0.15, -0.1) is 0 Å². The Morgan fingerprint density at radius 2 is 1.31 bits per heavy atom. The van der Waals surface area contributed by atoms with Crippen molar-refractivity contribution in [1.82, 2.24) is 57.7 Å². The van der Waals surface area contributed by atoms with Gasteiger partial charge in [0.05, 0.1) is 48.7 Å². The van der Waals surface area contributed by atoms with E-state index >= 15 is 28.8 Å². The van der Waals surface area contributed by atoms with Gasteiger partial charge in [0.25, 0.3) is 5.91 Å². The molecule has 1 aromatic carbocycles. The number of nitrogens with zero attached hydrogens (tertiary/aromatic N) is 3. The molecule has 27 N–H and O–H groups in total. The molecule has 40 heteroatoms. The first kappa shape index (κ1) is 100. The van der Waals surface area contributed by atoms with Crippen molar-refractivity contribution < 1.29 is 107 Å². The number of ether oxygens (including phenoxy) is 2. The maximum Gasteiger partial charge on any atom is 0.329 e. The number of likely N-dealkylation sites (N-methyl/N-ethyl adjacent to an activating group) is 1. The van der Waals surface area contributed by atoms with E-state index < -0.39 is 223 Å². The number of phenolic OH excluding ortho intramolecular Hbond substituents is 1. The average molecular weight is 1650 g/mol. The second-order valence-corrected chi connectivity index (χ2v) is 31.1. The number of rotatable bonds is 38. The molecule has 654 valence electrons. The molecule has 1 fully saturated rings. The lowest BCUT2D eigenvalue weighted by atomic mass is 9.87. The summed E-state index contributed by atoms with van der Waals surface area (Å²) < 4.78 is 11.9. The first-order valence-corrected chi connectivity index (χ1v) is 39.2. The molecule has 1 aromatic rings. The standard InChI is InChI=1S/C76H128N18O22/c1-36(2)32-38(5)60(100)41(8)65(104)87-50(34-55(78)98)68(107)85-48(18-17-30-84-76(81)82)61(101)62(102)72(111)90-57(39(6)40(7)64(80)103)69(108)92-59-43(10)116-75(114)53-20-14-15-31-94(53)74(113)52(35-56(79)99)88-66(105)47(63(115-13)44-21-25-46(96)26-22-44)27-23-45(24-28-54(77)97)93(12)73(112)51(33-37(3)4)89-67(106)49(19-16-29-83-11)86-70(109)58(42(9)95)91-71(59)110/h21-23,25-27,36-43,45,47-53,55,57-63,83,95-96,98,100-102H,14-20,24,28-35,78H2,1-13H3,(H2,77,97)(H2,79,99)(H2,80,103)(H,85,107)(H,86,109)(H,87,104)(H,88,105)(H,89,106)(H,90,111)(H,91,110)(H,92,108)(H4,81,82,84). The van der Waals surface area contributed by atoms with Gasteiger partial charge < -0.3 is 132 Å². The molecule has 2 aliphatic rings. The van der Waals surface area contributed by atoms with Crippen LogP contribution in [0.4, 0.5) is 0 Å². The normalized spacial score (nSPS) is 23.9. The van der Waals surface area contributed by atoms with Gasteiger partial charge in [0.15, 0.2) is 12.1 Å². The number of cyclic esters (lactones) is 1. The van der Waals surface area contributed by atoms with E-state index in [4.69, 9.17) is 43.9 Å². The van der Waals surface area contributed by atoms with Gasteiger partial charge in [-0.05, 0) is 133 Å². The second-order valence-electron chi connectivity index (χ2n) is 31.1. The molecule has 3 rings (SSSR count). The number of phenols is 1. The number of carbonyl (C=O) groups is 14. The van der Waals surface area contributed by atoms with Crippen LogP contribution in [0.3, 0.4) is 0 Å². The van der Waals surface area contributed by atoms with E-state index in [1.807, 2.05) is 13.8 Å². The molecular weight excluding hydrogens is 1520 g/mol. The zero-order chi connectivity index (χ0) is 87.9. The van der Waals surface area contributed by atoms with Gasteiger partial charge in [-0.25, -0.2) is 4.79 Å². The third kappa shape index (κ3) is 31.7. The number of primary amides is 3. The molecule has 13 amide bonds. The number of hydrogen-bond donors (Lipinski definition) is 21. The van der Waals surface area contributed by atoms with Crippen LogP contribution in [0.5, 0.6) is 5.75 Å². The second kappa shape index (κ2) is 48.7. The van der Waals surface area contributed by atoms with Crippen LogP contribution in [0.25, 0.3) is 0 Å². The van der Waals surface area contributed by atoms with Crippen LogP contribution in [-0.2, 0) is 76.6 Å². The Labute approximate surface area is 676 Å². The average Bonchev–Trinajstić information content (AvgIpc) is 0.818. The first-order chi connectivity index (χ1) is 54.3. The Hall–Kier alpha value is -9.71. The van der Waals surface area contributed by atoms with Crippen molar-refractivity contribution in [3.8, 4) is 5.75 Å². The SMILES string of the molecule is CNCCCC1NC(=O)C(C(C)O)NC(=O)C(NC(=O)C(NC(=O)C(O)C(O)C(CCCN=C(N)N)NC(=O)C(CC(N)O)NC(=O)C(C)C(O)C(C)CC(C)C)C(C)C(C)C(N)=O)C(C)OC(=O)C2CCCCN2C(=O)C(CC(N)=O)NC(=O)C(C(OC)c2ccc(O)cc2)C=CC(CCC(N)=O)N(C)C(=O)C(CC(C)C)NC1=O. The van der Waals surface area contributed by atoms with Gasteiger partial charge in [0, 0.05) is 46.0 Å². The summed E-state index contributed by atoms with van der Waals surface area (Å²) in [6.45, 7) is 15.0. The van der Waals surface area contributed by atoms with E-state index in [9.17, 15) is 69.0 Å². The Bertz CT molecular complexity index is 3530. The maximum atomic E-state index is 15.3. The van der Waals surface area contributed by atoms with Crippen molar-refractivity contribution in [3.63, 3.8) is 0 Å². The third-order valence-corrected chi connectivity index (χ3v) is 20.6. The Morgan fingerprint density at radius 1 is 0.681 bits per heavy atom. The monoisotopic (exact) mass is 1640 g/mol. The molecule has 0 spiro atoms. The number of nitrogens with one attached hydrogen (secondary N) is 9. The van der Waals surface area contributed by atoms with Crippen molar-refractivity contribution in [2.24, 2.45) is 80.8 Å². The maximum absolute atomic E-state index is 15.3. The highest BCUT2D eigenvalue weighted by molar-refractivity contribution is 5.99. The largest absolute Gasteiger partial charge is 0.508 e. The number of aliphatic hydroxyl groups is 5. The van der Waals surface area contributed by atoms with E-state index in [1.165, 1.54) is 76.2 Å². The van der Waals surface area contributed by atoms with E-state index in [0.717, 1.165) is 18.7 Å². The van der Waals surface area contributed by atoms with Crippen molar-refractivity contribution in [2.75, 3.05) is 40.8 Å². The first-order valence-electron chi connectivity index (χ1n) is 39.2. The summed E-state index contributed by atoms with van der Waals surface area (Å²) in [5.74, 6) is -22.3. The summed E-state index contributed by atoms with van der Waals surface area (Å²) in [6.07, 6.45) is -12.1. The van der Waals surface area contributed by atoms with Crippen LogP contribution in [0.1, 0.15) is 164 Å². The number of guanidine groups is 1. The number of aromatic hydroxyl groups is 1. The van der Waals surface area contributed by atoms with Gasteiger partial charge in [-0.3, -0.25) is 67.3 Å². The molecule has 2 aliphatic heterocycles. The topological polar surface area (TPSA) is 662 Å². The number of aliphatic imine (C=N–C) groups is 1. The predicted octanol–water partition coefficient (Wildman–Crippen LogP) is -5.27. The van der Waals surface area contributed by atoms with Crippen molar-refractivity contribution in [1.29, 1.82) is 0 Å². The Kier molecular flexibility index (Phi) is 42.2. The van der Waals surface area contributed by atoms with Gasteiger partial charge >= 0.3 is 5.97 Å². The number of carbonyl (C=O) groups excluding carboxylic acids is 14. The quantitative estimate of drug-likeness (QED) is 0.00734. The molecule has 0 bridgehead atoms. The number of benzene rings is 1. The van der Waals surface area contributed by atoms with E-state index in [-0.39, 0.29) is 119 Å². The van der Waals surface area contributed by atoms with Crippen molar-refractivity contribution >= 4 is 88.7 Å². The Morgan fingerprint density at radius 3 is 1.87 bits per heavy atom. The molecule has 40 nitrogen and oxygen atoms in total. The molecule has 1 saturated heterocycles. The minimum Gasteiger partial charge on any atom is -0.508 e. The van der Waals surface area contributed by atoms with Crippen LogP contribution >= 0.6 is 0 Å². The number of esters is 1. The summed E-state index contributed by atoms with van der Waals surface area (Å²) in [6, 6.07) is -12.0. The highest BCUT2D eigenvalue weighted by atomic mass is 16.5. The molecular formula is C76H128N18O22. The summed E-state index contributed by atoms with van der Waals surface area (Å²) in [5.41, 5.74) is 34.3. The molecule has 22 unspecified atom stereocenters. The smallest absolute Gasteiger partial charge is 0.329 e. The fourth-order valence-corrected chi connectivity index (χ4v) is 13.8. The molecule has 0 aliphatic carbocycles. The van der Waals surface area contributed by atoms with Crippen LogP contribution in [0, 0.1) is 41.4 Å². The highest BCUT2D eigenvalue weighted by Crippen LogP contribution is 2.31. The summed E-state index contributed by atoms with van der Waals surface area (Å²) >= 11 is 0. The van der Waals surface area contributed by atoms with Crippen LogP contribution < -0.4 is 82.3 Å². The zero-order valence-electron chi connectivity index (χ0n) is 68.7. The number of aliphatic hydroxyl groups excluding tert-OH is 5. The molecule has 2 heterocycles. The molecule has 116 heavy (non-hydrogen) atoms. The van der Waals surface area contributed by atoms with Gasteiger partial charge in [-0.1, -0.05) is 79.7 Å². The van der Waals surface area contributed by atoms with Gasteiger partial charge in [0.2, 0.25) is 70.9 Å². The number of piperidine rings is 1. The Balaban J connectivity index is 2.40. The molecule has 0 saturated carbocycles. The number of hydrogen-bond acceptors (Lipinski definition) is 25. The lowest BCUT2D eigenvalue weighted by Crippen LogP contribution is -2.65. The summed E-state index contributed by atoms with van der Waals surface area (Å²) in [5, 5.41) is 89.8. The lowest BCUT2D eigenvalue weighted by Gasteiger charge is -2.38. The predicted molar refractivity (Wildman–Crippen MR) is 422 cm³/mol. The summed E-state index contributed by atoms with van der Waals surface area (Å²) in [4.78, 5) is 208. The lowest BCUT2D eigenvalue weighted by molar-refractivity contribution is -0.164. The fourth-order valence-electron chi connectivity index (χ4n) is 13.8. The zero-order valence-corrected chi connectivity index (χ0v) is 68.7. The molecule has 0 radical (unpaired) electrons. The van der Waals surface area contributed by atoms with Crippen LogP contribution in [0.15, 0.2) is 41.4 Å². The van der Waals surface area contributed by atoms with Crippen molar-refractivity contribution in [2.45, 2.75) is 256 Å². The molecule has 0 aromatic heterocycles. The van der Waals surface area contributed by atoms with E-state index in [0.29, 0.717) is 6.42 Å². The minimum absolute atomic E-state index is 0.0416. The van der Waals surface area contributed by atoms with Gasteiger partial charge in [0.1, 0.15) is 72.5 Å². The highest BCUT2D eigenvalue weighted by Gasteiger charge is 2.46. The van der Waals surface area contributed by atoms with E-state index in [2.05, 4.69) is 52.8 Å². The number of methoxy groups -OCH3 is 1. The van der Waals surface area contributed by atoms with Gasteiger partial charge in [-0.2, -0.15) is 0 Å². The van der Waals surface area contributed by atoms with Crippen molar-refractivity contribution in [3.05, 3.63) is 42.0 Å². The van der Waals surface area contributed by atoms with Crippen LogP contribution in [-0.4, -0.2) is 267 Å². The van der Waals surface area contributed by atoms with E-state index in [1.54, 1.807) is 27.8 Å². The number of nitrogens with two attached hydrogens (primary N) is 6. The minimum atomic E-state index is -2.66. The van der Waals surface area contributed by atoms with Crippen LogP contribution in [0.2, 0.25) is 0 Å². The molecule has 22 atom stereocenters.